The summed E-state index contributed by atoms with van der Waals surface area (Å²) in [7, 11) is 0. The van der Waals surface area contributed by atoms with Crippen LogP contribution < -0.4 is 11.1 Å². The molecular weight excluding hydrogens is 242 g/mol. The molecule has 0 bridgehead atoms. The summed E-state index contributed by atoms with van der Waals surface area (Å²) in [6.45, 7) is 4.64. The Morgan fingerprint density at radius 1 is 1.53 bits per heavy atom. The molecule has 1 heterocycles. The molecule has 0 radical (unpaired) electrons. The van der Waals surface area contributed by atoms with Gasteiger partial charge in [-0.15, -0.1) is 0 Å². The predicted octanol–water partition coefficient (Wildman–Crippen LogP) is 1.74. The summed E-state index contributed by atoms with van der Waals surface area (Å²) in [5.41, 5.74) is 8.13. The Bertz CT molecular complexity index is 573. The molecule has 0 aliphatic carbocycles. The van der Waals surface area contributed by atoms with Crippen molar-refractivity contribution in [2.24, 2.45) is 11.7 Å². The summed E-state index contributed by atoms with van der Waals surface area (Å²) >= 11 is 0. The van der Waals surface area contributed by atoms with Gasteiger partial charge in [0.25, 0.3) is 0 Å². The fourth-order valence-corrected chi connectivity index (χ4v) is 1.99. The first-order chi connectivity index (χ1) is 9.13. The molecule has 3 N–H and O–H groups in total. The highest BCUT2D eigenvalue weighted by atomic mass is 16.3. The van der Waals surface area contributed by atoms with Crippen LogP contribution in [0.25, 0.3) is 11.1 Å². The van der Waals surface area contributed by atoms with E-state index in [1.165, 1.54) is 0 Å². The topological polar surface area (TPSA) is 81.2 Å². The maximum atomic E-state index is 11.8. The van der Waals surface area contributed by atoms with Crippen molar-refractivity contribution in [3.63, 3.8) is 0 Å². The van der Waals surface area contributed by atoms with Crippen LogP contribution in [0.4, 0.5) is 0 Å². The zero-order valence-electron chi connectivity index (χ0n) is 11.3. The number of nitrogens with two attached hydrogens (primary N) is 1. The van der Waals surface area contributed by atoms with Gasteiger partial charge in [0.05, 0.1) is 0 Å². The van der Waals surface area contributed by atoms with Gasteiger partial charge in [-0.3, -0.25) is 4.79 Å². The predicted molar refractivity (Wildman–Crippen MR) is 73.4 cm³/mol. The van der Waals surface area contributed by atoms with Crippen LogP contribution in [0.5, 0.6) is 0 Å². The van der Waals surface area contributed by atoms with Crippen molar-refractivity contribution in [3.05, 3.63) is 29.7 Å². The van der Waals surface area contributed by atoms with Crippen molar-refractivity contribution >= 4 is 17.0 Å². The summed E-state index contributed by atoms with van der Waals surface area (Å²) in [6, 6.07) is 5.73. The molecule has 0 saturated heterocycles. The third kappa shape index (κ3) is 3.12. The van der Waals surface area contributed by atoms with E-state index in [9.17, 15) is 4.79 Å². The summed E-state index contributed by atoms with van der Waals surface area (Å²) in [5.74, 6) is 0.532. The smallest absolute Gasteiger partial charge is 0.224 e. The molecule has 1 aromatic heterocycles. The number of oxazole rings is 1. The monoisotopic (exact) mass is 261 g/mol. The van der Waals surface area contributed by atoms with Crippen LogP contribution in [0, 0.1) is 12.8 Å². The molecule has 19 heavy (non-hydrogen) atoms. The van der Waals surface area contributed by atoms with Gasteiger partial charge >= 0.3 is 0 Å². The first-order valence-electron chi connectivity index (χ1n) is 6.48. The van der Waals surface area contributed by atoms with Gasteiger partial charge in [0, 0.05) is 25.9 Å². The third-order valence-electron chi connectivity index (χ3n) is 3.17. The molecule has 0 aliphatic heterocycles. The Labute approximate surface area is 112 Å². The fraction of sp³-hybridized carbons (Fsp3) is 0.429. The van der Waals surface area contributed by atoms with Crippen LogP contribution in [-0.4, -0.2) is 17.4 Å². The lowest BCUT2D eigenvalue weighted by Gasteiger charge is -2.12. The Balaban J connectivity index is 2.03. The number of fused-ring (bicyclic) bond motifs is 1. The number of hydrogen-bond acceptors (Lipinski definition) is 4. The largest absolute Gasteiger partial charge is 0.441 e. The lowest BCUT2D eigenvalue weighted by molar-refractivity contribution is -0.124. The van der Waals surface area contributed by atoms with Gasteiger partial charge in [0.1, 0.15) is 5.52 Å². The van der Waals surface area contributed by atoms with Crippen LogP contribution in [0.15, 0.2) is 22.6 Å². The molecule has 1 amide bonds. The average molecular weight is 261 g/mol. The lowest BCUT2D eigenvalue weighted by atomic mass is 10.1. The summed E-state index contributed by atoms with van der Waals surface area (Å²) in [4.78, 5) is 16.1. The zero-order chi connectivity index (χ0) is 13.8. The SMILES string of the molecule is CCC(CN)C(=O)NCc1ccc2oc(C)nc2c1. The quantitative estimate of drug-likeness (QED) is 0.859. The third-order valence-corrected chi connectivity index (χ3v) is 3.17. The highest BCUT2D eigenvalue weighted by molar-refractivity contribution is 5.79. The van der Waals surface area contributed by atoms with Crippen LogP contribution in [0.2, 0.25) is 0 Å². The Hall–Kier alpha value is -1.88. The van der Waals surface area contributed by atoms with E-state index < -0.39 is 0 Å². The number of rotatable bonds is 5. The maximum Gasteiger partial charge on any atom is 0.224 e. The maximum absolute atomic E-state index is 11.8. The van der Waals surface area contributed by atoms with Crippen LogP contribution >= 0.6 is 0 Å². The molecular formula is C14H19N3O2. The van der Waals surface area contributed by atoms with Crippen molar-refractivity contribution in [2.75, 3.05) is 6.54 Å². The van der Waals surface area contributed by atoms with Gasteiger partial charge in [0.2, 0.25) is 5.91 Å². The minimum Gasteiger partial charge on any atom is -0.441 e. The molecule has 5 nitrogen and oxygen atoms in total. The van der Waals surface area contributed by atoms with Gasteiger partial charge in [-0.2, -0.15) is 0 Å². The number of nitrogens with zero attached hydrogens (tertiary/aromatic N) is 1. The number of amides is 1. The second-order valence-corrected chi connectivity index (χ2v) is 4.59. The summed E-state index contributed by atoms with van der Waals surface area (Å²) < 4.78 is 5.41. The van der Waals surface area contributed by atoms with E-state index in [-0.39, 0.29) is 11.8 Å². The molecule has 2 aromatic rings. The van der Waals surface area contributed by atoms with Crippen molar-refractivity contribution in [1.82, 2.24) is 10.3 Å². The number of carbonyl (C=O) groups is 1. The molecule has 1 atom stereocenters. The van der Waals surface area contributed by atoms with Crippen molar-refractivity contribution in [3.8, 4) is 0 Å². The minimum atomic E-state index is -0.113. The highest BCUT2D eigenvalue weighted by Crippen LogP contribution is 2.16. The van der Waals surface area contributed by atoms with E-state index in [0.29, 0.717) is 19.0 Å². The van der Waals surface area contributed by atoms with Crippen molar-refractivity contribution < 1.29 is 9.21 Å². The minimum absolute atomic E-state index is 0.00132. The van der Waals surface area contributed by atoms with Crippen LogP contribution in [0.3, 0.4) is 0 Å². The van der Waals surface area contributed by atoms with E-state index >= 15 is 0 Å². The number of aromatic nitrogens is 1. The highest BCUT2D eigenvalue weighted by Gasteiger charge is 2.13. The second-order valence-electron chi connectivity index (χ2n) is 4.59. The second kappa shape index (κ2) is 5.84. The Morgan fingerprint density at radius 2 is 2.32 bits per heavy atom. The van der Waals surface area contributed by atoms with E-state index in [2.05, 4.69) is 10.3 Å². The summed E-state index contributed by atoms with van der Waals surface area (Å²) in [5, 5.41) is 2.90. The number of benzene rings is 1. The number of hydrogen-bond donors (Lipinski definition) is 2. The molecule has 5 heteroatoms. The summed E-state index contributed by atoms with van der Waals surface area (Å²) in [6.07, 6.45) is 0.754. The van der Waals surface area contributed by atoms with Gasteiger partial charge in [-0.1, -0.05) is 13.0 Å². The molecule has 0 spiro atoms. The van der Waals surface area contributed by atoms with Gasteiger partial charge in [-0.05, 0) is 24.1 Å². The molecule has 1 unspecified atom stereocenters. The fourth-order valence-electron chi connectivity index (χ4n) is 1.99. The molecule has 0 aliphatic rings. The average Bonchev–Trinajstić information content (AvgIpc) is 2.77. The van der Waals surface area contributed by atoms with E-state index in [0.717, 1.165) is 23.1 Å². The van der Waals surface area contributed by atoms with E-state index in [4.69, 9.17) is 10.2 Å². The number of nitrogens with one attached hydrogen (secondary N) is 1. The molecule has 102 valence electrons. The number of carbonyl (C=O) groups excluding carboxylic acids is 1. The lowest BCUT2D eigenvalue weighted by Crippen LogP contribution is -2.34. The first kappa shape index (κ1) is 13.5. The van der Waals surface area contributed by atoms with Crippen LogP contribution in [-0.2, 0) is 11.3 Å². The van der Waals surface area contributed by atoms with Crippen molar-refractivity contribution in [2.45, 2.75) is 26.8 Å². The molecule has 1 aromatic carbocycles. The van der Waals surface area contributed by atoms with E-state index in [1.54, 1.807) is 0 Å². The molecule has 0 fully saturated rings. The Morgan fingerprint density at radius 3 is 3.00 bits per heavy atom. The normalized spacial score (nSPS) is 12.6. The van der Waals surface area contributed by atoms with Gasteiger partial charge < -0.3 is 15.5 Å². The van der Waals surface area contributed by atoms with Crippen molar-refractivity contribution in [1.29, 1.82) is 0 Å². The Kier molecular flexibility index (Phi) is 4.16. The number of aryl methyl sites for hydroxylation is 1. The van der Waals surface area contributed by atoms with Crippen LogP contribution in [0.1, 0.15) is 24.8 Å². The van der Waals surface area contributed by atoms with Gasteiger partial charge in [0.15, 0.2) is 11.5 Å². The zero-order valence-corrected chi connectivity index (χ0v) is 11.3. The standard InChI is InChI=1S/C14H19N3O2/c1-3-11(7-15)14(18)16-8-10-4-5-13-12(6-10)17-9(2)19-13/h4-6,11H,3,7-8,15H2,1-2H3,(H,16,18). The first-order valence-corrected chi connectivity index (χ1v) is 6.48. The molecule has 2 rings (SSSR count). The van der Waals surface area contributed by atoms with E-state index in [1.807, 2.05) is 32.0 Å². The van der Waals surface area contributed by atoms with Gasteiger partial charge in [-0.25, -0.2) is 4.98 Å². The molecule has 0 saturated carbocycles.